The van der Waals surface area contributed by atoms with Crippen LogP contribution in [0.5, 0.6) is 5.88 Å². The minimum Gasteiger partial charge on any atom is -0.469 e. The first-order valence-corrected chi connectivity index (χ1v) is 10.2. The zero-order chi connectivity index (χ0) is 20.5. The number of anilines is 1. The van der Waals surface area contributed by atoms with E-state index in [0.717, 1.165) is 48.3 Å². The number of rotatable bonds is 4. The van der Waals surface area contributed by atoms with Gasteiger partial charge in [0.25, 0.3) is 0 Å². The van der Waals surface area contributed by atoms with E-state index < -0.39 is 6.09 Å². The number of hydrogen-bond donors (Lipinski definition) is 1. The van der Waals surface area contributed by atoms with E-state index in [0.29, 0.717) is 19.0 Å². The van der Waals surface area contributed by atoms with Crippen LogP contribution in [-0.2, 0) is 0 Å². The lowest BCUT2D eigenvalue weighted by Gasteiger charge is -2.40. The molecule has 0 atom stereocenters. The number of benzene rings is 1. The molecule has 2 aliphatic heterocycles. The number of piperidine rings is 1. The average molecular weight is 405 g/mol. The molecule has 154 valence electrons. The van der Waals surface area contributed by atoms with Gasteiger partial charge >= 0.3 is 6.09 Å². The summed E-state index contributed by atoms with van der Waals surface area (Å²) < 4.78 is 6.18. The summed E-state index contributed by atoms with van der Waals surface area (Å²) in [6.45, 7) is 2.53. The fourth-order valence-corrected chi connectivity index (χ4v) is 4.14. The summed E-state index contributed by atoms with van der Waals surface area (Å²) in [6.07, 6.45) is 3.97. The molecule has 0 bridgehead atoms. The Morgan fingerprint density at radius 2 is 1.80 bits per heavy atom. The van der Waals surface area contributed by atoms with E-state index in [4.69, 9.17) is 14.8 Å². The number of pyridine rings is 1. The predicted molar refractivity (Wildman–Crippen MR) is 112 cm³/mol. The van der Waals surface area contributed by atoms with Crippen LogP contribution in [0.15, 0.2) is 48.8 Å². The summed E-state index contributed by atoms with van der Waals surface area (Å²) >= 11 is 0. The molecule has 1 aromatic carbocycles. The van der Waals surface area contributed by atoms with Crippen molar-refractivity contribution >= 4 is 22.8 Å². The average Bonchev–Trinajstić information content (AvgIpc) is 2.76. The van der Waals surface area contributed by atoms with Crippen molar-refractivity contribution in [1.82, 2.24) is 19.9 Å². The molecule has 2 fully saturated rings. The highest BCUT2D eigenvalue weighted by atomic mass is 16.5. The summed E-state index contributed by atoms with van der Waals surface area (Å²) in [5, 5.41) is 10.3. The second-order valence-corrected chi connectivity index (χ2v) is 7.80. The summed E-state index contributed by atoms with van der Waals surface area (Å²) in [5.74, 6) is 1.69. The van der Waals surface area contributed by atoms with Crippen molar-refractivity contribution in [2.45, 2.75) is 24.9 Å². The number of hydrogen-bond acceptors (Lipinski definition) is 6. The Kier molecular flexibility index (Phi) is 4.82. The minimum atomic E-state index is -0.860. The van der Waals surface area contributed by atoms with Gasteiger partial charge in [0.15, 0.2) is 0 Å². The van der Waals surface area contributed by atoms with Crippen LogP contribution in [0, 0.1) is 0 Å². The Hall–Kier alpha value is -3.42. The number of carbonyl (C=O) groups is 1. The topological polar surface area (TPSA) is 91.7 Å². The molecule has 1 N–H and O–H groups in total. The highest BCUT2D eigenvalue weighted by Gasteiger charge is 2.32. The van der Waals surface area contributed by atoms with Gasteiger partial charge < -0.3 is 19.6 Å². The first-order valence-electron chi connectivity index (χ1n) is 10.2. The third kappa shape index (κ3) is 3.60. The van der Waals surface area contributed by atoms with Gasteiger partial charge in [-0.3, -0.25) is 4.98 Å². The van der Waals surface area contributed by atoms with Crippen LogP contribution in [0.25, 0.3) is 10.9 Å². The molecule has 8 nitrogen and oxygen atoms in total. The monoisotopic (exact) mass is 405 g/mol. The molecular formula is C22H23N5O3. The molecule has 1 amide bonds. The number of amides is 1. The SMILES string of the molecule is O=C(O)N1CCC(c2nccnc2OC2CN(c3ccc4ccccc4n3)C2)CC1. The molecule has 3 aromatic rings. The number of carboxylic acid groups (broad SMARTS) is 1. The van der Waals surface area contributed by atoms with Crippen molar-refractivity contribution in [3.63, 3.8) is 0 Å². The summed E-state index contributed by atoms with van der Waals surface area (Å²) in [4.78, 5) is 28.5. The van der Waals surface area contributed by atoms with Crippen molar-refractivity contribution in [2.24, 2.45) is 0 Å². The Morgan fingerprint density at radius 3 is 2.60 bits per heavy atom. The van der Waals surface area contributed by atoms with Crippen LogP contribution in [0.3, 0.4) is 0 Å². The van der Waals surface area contributed by atoms with Crippen molar-refractivity contribution in [2.75, 3.05) is 31.1 Å². The van der Waals surface area contributed by atoms with Gasteiger partial charge in [-0.2, -0.15) is 0 Å². The smallest absolute Gasteiger partial charge is 0.407 e. The molecule has 8 heteroatoms. The van der Waals surface area contributed by atoms with E-state index in [1.807, 2.05) is 24.3 Å². The van der Waals surface area contributed by atoms with Gasteiger partial charge in [-0.25, -0.2) is 14.8 Å². The Morgan fingerprint density at radius 1 is 1.03 bits per heavy atom. The number of nitrogens with zero attached hydrogens (tertiary/aromatic N) is 5. The third-order valence-corrected chi connectivity index (χ3v) is 5.88. The van der Waals surface area contributed by atoms with E-state index in [-0.39, 0.29) is 12.0 Å². The second kappa shape index (κ2) is 7.78. The quantitative estimate of drug-likeness (QED) is 0.713. The van der Waals surface area contributed by atoms with Crippen molar-refractivity contribution in [3.05, 3.63) is 54.5 Å². The zero-order valence-electron chi connectivity index (χ0n) is 16.5. The van der Waals surface area contributed by atoms with E-state index in [2.05, 4.69) is 27.0 Å². The summed E-state index contributed by atoms with van der Waals surface area (Å²) in [5.41, 5.74) is 1.83. The van der Waals surface area contributed by atoms with Gasteiger partial charge in [-0.1, -0.05) is 18.2 Å². The molecule has 5 rings (SSSR count). The normalized spacial score (nSPS) is 17.7. The van der Waals surface area contributed by atoms with Gasteiger partial charge in [0.1, 0.15) is 17.6 Å². The largest absolute Gasteiger partial charge is 0.469 e. The molecule has 30 heavy (non-hydrogen) atoms. The molecule has 4 heterocycles. The third-order valence-electron chi connectivity index (χ3n) is 5.88. The molecular weight excluding hydrogens is 382 g/mol. The van der Waals surface area contributed by atoms with E-state index in [9.17, 15) is 4.79 Å². The Bertz CT molecular complexity index is 1060. The Labute approximate surface area is 174 Å². The number of ether oxygens (including phenoxy) is 1. The highest BCUT2D eigenvalue weighted by Crippen LogP contribution is 2.33. The van der Waals surface area contributed by atoms with E-state index in [1.165, 1.54) is 4.90 Å². The molecule has 2 aromatic heterocycles. The summed E-state index contributed by atoms with van der Waals surface area (Å²) in [6, 6.07) is 12.2. The molecule has 0 aliphatic carbocycles. The molecule has 0 radical (unpaired) electrons. The van der Waals surface area contributed by atoms with Gasteiger partial charge in [-0.05, 0) is 31.0 Å². The maximum atomic E-state index is 11.1. The first kappa shape index (κ1) is 18.6. The molecule has 2 saturated heterocycles. The zero-order valence-corrected chi connectivity index (χ0v) is 16.5. The molecule has 0 unspecified atom stereocenters. The first-order chi connectivity index (χ1) is 14.7. The maximum absolute atomic E-state index is 11.1. The van der Waals surface area contributed by atoms with Crippen LogP contribution >= 0.6 is 0 Å². The summed E-state index contributed by atoms with van der Waals surface area (Å²) in [7, 11) is 0. The van der Waals surface area contributed by atoms with Crippen LogP contribution < -0.4 is 9.64 Å². The van der Waals surface area contributed by atoms with Crippen molar-refractivity contribution < 1.29 is 14.6 Å². The Balaban J connectivity index is 1.23. The fourth-order valence-electron chi connectivity index (χ4n) is 4.14. The van der Waals surface area contributed by atoms with E-state index in [1.54, 1.807) is 12.4 Å². The van der Waals surface area contributed by atoms with E-state index >= 15 is 0 Å². The lowest BCUT2D eigenvalue weighted by atomic mass is 9.93. The molecule has 2 aliphatic rings. The maximum Gasteiger partial charge on any atom is 0.407 e. The second-order valence-electron chi connectivity index (χ2n) is 7.80. The van der Waals surface area contributed by atoms with Gasteiger partial charge in [-0.15, -0.1) is 0 Å². The van der Waals surface area contributed by atoms with Crippen molar-refractivity contribution in [3.8, 4) is 5.88 Å². The van der Waals surface area contributed by atoms with Gasteiger partial charge in [0.05, 0.1) is 18.6 Å². The minimum absolute atomic E-state index is 0.0350. The van der Waals surface area contributed by atoms with Crippen LogP contribution in [-0.4, -0.2) is 63.3 Å². The van der Waals surface area contributed by atoms with Crippen LogP contribution in [0.1, 0.15) is 24.5 Å². The van der Waals surface area contributed by atoms with Gasteiger partial charge in [0.2, 0.25) is 5.88 Å². The lowest BCUT2D eigenvalue weighted by Crippen LogP contribution is -2.54. The fraction of sp³-hybridized carbons (Fsp3) is 0.364. The number of para-hydroxylation sites is 1. The van der Waals surface area contributed by atoms with Crippen LogP contribution in [0.4, 0.5) is 10.6 Å². The molecule has 0 saturated carbocycles. The van der Waals surface area contributed by atoms with Crippen molar-refractivity contribution in [1.29, 1.82) is 0 Å². The number of fused-ring (bicyclic) bond motifs is 1. The molecule has 0 spiro atoms. The van der Waals surface area contributed by atoms with Gasteiger partial charge in [0, 0.05) is 36.8 Å². The van der Waals surface area contributed by atoms with Crippen LogP contribution in [0.2, 0.25) is 0 Å². The standard InChI is InChI=1S/C22H23N5O3/c28-22(29)26-11-7-16(8-12-26)20-21(24-10-9-23-20)30-17-13-27(14-17)19-6-5-15-3-1-2-4-18(15)25-19/h1-6,9-10,16-17H,7-8,11-14H2,(H,28,29). The lowest BCUT2D eigenvalue weighted by molar-refractivity contribution is 0.129. The number of likely N-dealkylation sites (tertiary alicyclic amines) is 1. The number of aromatic nitrogens is 3. The predicted octanol–water partition coefficient (Wildman–Crippen LogP) is 3.15. The highest BCUT2D eigenvalue weighted by molar-refractivity contribution is 5.80.